The maximum atomic E-state index is 6.49. The van der Waals surface area contributed by atoms with Gasteiger partial charge in [-0.1, -0.05) is 69.1 Å². The van der Waals surface area contributed by atoms with Gasteiger partial charge in [0.25, 0.3) is 0 Å². The summed E-state index contributed by atoms with van der Waals surface area (Å²) < 4.78 is 16.2. The van der Waals surface area contributed by atoms with Gasteiger partial charge in [0, 0.05) is 34.8 Å². The number of fused-ring (bicyclic) bond motifs is 3. The third-order valence-electron chi connectivity index (χ3n) is 8.91. The quantitative estimate of drug-likeness (QED) is 0.143. The zero-order valence-corrected chi connectivity index (χ0v) is 31.4. The van der Waals surface area contributed by atoms with Crippen LogP contribution in [-0.2, 0) is 21.1 Å². The Morgan fingerprint density at radius 2 is 1.47 bits per heavy atom. The minimum atomic E-state index is 0. The standard InChI is InChI=1S/C42H40N4O2.Pt/c1-25(2)41-40(39-28(6)20-27(5)21-29(39)7)42(26(3)4)46(44-41)30-12-11-13-32(22-30)48-33-16-17-35-34-14-9-10-15-36(34)45(37(35)23-33)38-24-31(47-8)18-19-43-38;/h9-21,24-26H,1-8H3;/q-2;+2. The number of pyridine rings is 1. The van der Waals surface area contributed by atoms with Gasteiger partial charge in [0.05, 0.1) is 18.5 Å². The Balaban J connectivity index is 0.00000417. The number of hydrogen-bond acceptors (Lipinski definition) is 4. The molecule has 0 aliphatic heterocycles. The van der Waals surface area contributed by atoms with Crippen molar-refractivity contribution in [1.82, 2.24) is 19.3 Å². The fourth-order valence-electron chi connectivity index (χ4n) is 6.96. The van der Waals surface area contributed by atoms with Crippen molar-refractivity contribution in [3.8, 4) is 39.9 Å². The average molecular weight is 828 g/mol. The first-order valence-electron chi connectivity index (χ1n) is 16.5. The molecular formula is C42H40N4O2Pt. The van der Waals surface area contributed by atoms with Crippen molar-refractivity contribution in [2.45, 2.75) is 60.3 Å². The Kier molecular flexibility index (Phi) is 9.55. The van der Waals surface area contributed by atoms with Crippen molar-refractivity contribution in [1.29, 1.82) is 0 Å². The molecule has 7 aromatic rings. The van der Waals surface area contributed by atoms with Crippen LogP contribution in [0.5, 0.6) is 17.2 Å². The maximum Gasteiger partial charge on any atom is 2.00 e. The van der Waals surface area contributed by atoms with Crippen molar-refractivity contribution in [2.75, 3.05) is 7.11 Å². The maximum absolute atomic E-state index is 6.49. The third kappa shape index (κ3) is 6.19. The second-order valence-corrected chi connectivity index (χ2v) is 13.1. The number of nitrogens with zero attached hydrogens (tertiary/aromatic N) is 4. The largest absolute Gasteiger partial charge is 2.00 e. The normalized spacial score (nSPS) is 11.5. The van der Waals surface area contributed by atoms with Gasteiger partial charge in [-0.3, -0.25) is 4.68 Å². The van der Waals surface area contributed by atoms with Gasteiger partial charge in [0.15, 0.2) is 0 Å². The molecule has 0 fully saturated rings. The van der Waals surface area contributed by atoms with Gasteiger partial charge in [-0.15, -0.1) is 35.7 Å². The first kappa shape index (κ1) is 34.2. The van der Waals surface area contributed by atoms with Gasteiger partial charge >= 0.3 is 21.1 Å². The van der Waals surface area contributed by atoms with E-state index in [2.05, 4.69) is 105 Å². The van der Waals surface area contributed by atoms with Crippen LogP contribution in [0.1, 0.15) is 67.6 Å². The van der Waals surface area contributed by atoms with E-state index in [0.29, 0.717) is 11.5 Å². The number of methoxy groups -OCH3 is 1. The molecule has 0 radical (unpaired) electrons. The first-order valence-corrected chi connectivity index (χ1v) is 16.5. The van der Waals surface area contributed by atoms with Crippen LogP contribution >= 0.6 is 0 Å². The SMILES string of the molecule is COc1ccnc(-n2c3[c-]c(Oc4[c-]c(-n5nc(C(C)C)c(-c6c(C)cc(C)cc6C)c5C(C)C)ccc4)ccc3c3ccccc32)c1.[Pt+2]. The minimum absolute atomic E-state index is 0. The number of hydrogen-bond donors (Lipinski definition) is 0. The minimum Gasteiger partial charge on any atom is -0.509 e. The molecule has 0 atom stereocenters. The van der Waals surface area contributed by atoms with Gasteiger partial charge in [0.1, 0.15) is 11.6 Å². The molecule has 250 valence electrons. The Bertz CT molecular complexity index is 2290. The summed E-state index contributed by atoms with van der Waals surface area (Å²) in [4.78, 5) is 4.68. The van der Waals surface area contributed by atoms with E-state index >= 15 is 0 Å². The molecular weight excluding hydrogens is 788 g/mol. The van der Waals surface area contributed by atoms with Crippen LogP contribution in [-0.4, -0.2) is 26.4 Å². The molecule has 0 bridgehead atoms. The van der Waals surface area contributed by atoms with Crippen molar-refractivity contribution >= 4 is 21.8 Å². The summed E-state index contributed by atoms with van der Waals surface area (Å²) in [5.41, 5.74) is 11.3. The smallest absolute Gasteiger partial charge is 0.509 e. The van der Waals surface area contributed by atoms with E-state index in [9.17, 15) is 0 Å². The van der Waals surface area contributed by atoms with Crippen LogP contribution in [0.3, 0.4) is 0 Å². The third-order valence-corrected chi connectivity index (χ3v) is 8.91. The predicted octanol–water partition coefficient (Wildman–Crippen LogP) is 10.6. The monoisotopic (exact) mass is 827 g/mol. The second-order valence-electron chi connectivity index (χ2n) is 13.1. The van der Waals surface area contributed by atoms with Gasteiger partial charge in [0.2, 0.25) is 0 Å². The molecule has 0 spiro atoms. The molecule has 0 N–H and O–H groups in total. The zero-order valence-electron chi connectivity index (χ0n) is 29.2. The molecule has 0 aliphatic rings. The van der Waals surface area contributed by atoms with E-state index in [1.54, 1.807) is 13.3 Å². The van der Waals surface area contributed by atoms with Crippen molar-refractivity contribution < 1.29 is 30.5 Å². The molecule has 6 nitrogen and oxygen atoms in total. The van der Waals surface area contributed by atoms with Crippen molar-refractivity contribution in [2.24, 2.45) is 0 Å². The van der Waals surface area contributed by atoms with Gasteiger partial charge in [-0.25, -0.2) is 4.98 Å². The molecule has 0 saturated carbocycles. The fraction of sp³-hybridized carbons (Fsp3) is 0.238. The van der Waals surface area contributed by atoms with Crippen LogP contribution in [0.15, 0.2) is 85.1 Å². The van der Waals surface area contributed by atoms with E-state index in [1.165, 1.54) is 33.5 Å². The second kappa shape index (κ2) is 13.7. The number of rotatable bonds is 8. The van der Waals surface area contributed by atoms with Crippen LogP contribution < -0.4 is 9.47 Å². The van der Waals surface area contributed by atoms with Crippen LogP contribution in [0, 0.1) is 32.9 Å². The molecule has 0 amide bonds. The van der Waals surface area contributed by atoms with Gasteiger partial charge in [-0.2, -0.15) is 17.2 Å². The predicted molar refractivity (Wildman–Crippen MR) is 194 cm³/mol. The molecule has 7 rings (SSSR count). The molecule has 7 heteroatoms. The number of aromatic nitrogens is 4. The van der Waals surface area contributed by atoms with Gasteiger partial charge < -0.3 is 14.0 Å². The Hall–Kier alpha value is -4.67. The number of aryl methyl sites for hydroxylation is 3. The summed E-state index contributed by atoms with van der Waals surface area (Å²) in [5.74, 6) is 3.12. The van der Waals surface area contributed by atoms with E-state index < -0.39 is 0 Å². The summed E-state index contributed by atoms with van der Waals surface area (Å²) >= 11 is 0. The summed E-state index contributed by atoms with van der Waals surface area (Å²) in [6.45, 7) is 15.5. The zero-order chi connectivity index (χ0) is 33.7. The average Bonchev–Trinajstić information content (AvgIpc) is 3.61. The molecule has 3 heterocycles. The number of benzene rings is 4. The van der Waals surface area contributed by atoms with Gasteiger partial charge in [-0.05, 0) is 72.5 Å². The summed E-state index contributed by atoms with van der Waals surface area (Å²) in [6.07, 6.45) is 1.76. The topological polar surface area (TPSA) is 54.1 Å². The van der Waals surface area contributed by atoms with Crippen LogP contribution in [0.4, 0.5) is 0 Å². The Morgan fingerprint density at radius 3 is 2.18 bits per heavy atom. The molecule has 3 aromatic heterocycles. The molecule has 0 aliphatic carbocycles. The summed E-state index contributed by atoms with van der Waals surface area (Å²) in [7, 11) is 1.66. The summed E-state index contributed by atoms with van der Waals surface area (Å²) in [5, 5.41) is 7.44. The molecule has 0 saturated heterocycles. The Morgan fingerprint density at radius 1 is 0.735 bits per heavy atom. The van der Waals surface area contributed by atoms with Crippen molar-refractivity contribution in [3.05, 3.63) is 125 Å². The summed E-state index contributed by atoms with van der Waals surface area (Å²) in [6, 6.07) is 33.7. The number of para-hydroxylation sites is 1. The van der Waals surface area contributed by atoms with E-state index in [0.717, 1.165) is 44.8 Å². The van der Waals surface area contributed by atoms with Crippen LogP contribution in [0.2, 0.25) is 0 Å². The molecule has 4 aromatic carbocycles. The number of ether oxygens (including phenoxy) is 2. The van der Waals surface area contributed by atoms with E-state index in [-0.39, 0.29) is 32.9 Å². The van der Waals surface area contributed by atoms with Crippen molar-refractivity contribution in [3.63, 3.8) is 0 Å². The molecule has 0 unspecified atom stereocenters. The van der Waals surface area contributed by atoms with E-state index in [1.807, 2.05) is 48.5 Å². The Labute approximate surface area is 303 Å². The van der Waals surface area contributed by atoms with Crippen LogP contribution in [0.25, 0.3) is 44.4 Å². The molecule has 49 heavy (non-hydrogen) atoms. The first-order chi connectivity index (χ1) is 23.1. The fourth-order valence-corrected chi connectivity index (χ4v) is 6.96. The van der Waals surface area contributed by atoms with E-state index in [4.69, 9.17) is 14.6 Å².